The Morgan fingerprint density at radius 3 is 2.92 bits per heavy atom. The second kappa shape index (κ2) is 3.73. The van der Waals surface area contributed by atoms with Gasteiger partial charge in [-0.25, -0.2) is 9.97 Å². The molecule has 0 fully saturated rings. The van der Waals surface area contributed by atoms with E-state index in [1.54, 1.807) is 12.3 Å². The summed E-state index contributed by atoms with van der Waals surface area (Å²) in [6.07, 6.45) is 3.97. The maximum atomic E-state index is 10.4. The molecule has 4 nitrogen and oxygen atoms in total. The van der Waals surface area contributed by atoms with Crippen LogP contribution in [0.1, 0.15) is 10.4 Å². The summed E-state index contributed by atoms with van der Waals surface area (Å²) in [7, 11) is 0. The maximum Gasteiger partial charge on any atom is 0.159 e. The van der Waals surface area contributed by atoms with Crippen molar-refractivity contribution in [2.24, 2.45) is 0 Å². The smallest absolute Gasteiger partial charge is 0.159 e. The third-order valence-corrected chi connectivity index (χ3v) is 1.61. The zero-order chi connectivity index (χ0) is 8.39. The summed E-state index contributed by atoms with van der Waals surface area (Å²) in [6, 6.07) is 5.46. The summed E-state index contributed by atoms with van der Waals surface area (Å²) in [4.78, 5) is 18.4. The number of carbonyl (C=O) groups is 1. The Morgan fingerprint density at radius 2 is 2.15 bits per heavy atom. The molecular formula is C9H6N3O. The molecule has 0 aliphatic carbocycles. The van der Waals surface area contributed by atoms with Crippen LogP contribution in [-0.4, -0.2) is 16.3 Å². The first kappa shape index (κ1) is 9.28. The number of carbonyl (C=O) groups excluding carboxylic acids is 1. The molecule has 4 heteroatoms. The molecule has 2 heterocycles. The molecule has 0 atom stereocenters. The lowest BCUT2D eigenvalue weighted by atomic mass is 10.2. The van der Waals surface area contributed by atoms with E-state index in [4.69, 9.17) is 0 Å². The molecule has 0 amide bonds. The summed E-state index contributed by atoms with van der Waals surface area (Å²) in [5.74, 6) is 0. The van der Waals surface area contributed by atoms with Gasteiger partial charge in [0.05, 0.1) is 0 Å². The van der Waals surface area contributed by atoms with Crippen LogP contribution in [0, 0.1) is 0 Å². The van der Waals surface area contributed by atoms with Crippen LogP contribution in [0.15, 0.2) is 30.6 Å². The Kier molecular flexibility index (Phi) is 2.66. The summed E-state index contributed by atoms with van der Waals surface area (Å²) >= 11 is 0. The van der Waals surface area contributed by atoms with Crippen LogP contribution in [0.25, 0.3) is 11.0 Å². The fourth-order valence-corrected chi connectivity index (χ4v) is 1.05. The monoisotopic (exact) mass is 172 g/mol. The van der Waals surface area contributed by atoms with E-state index in [0.29, 0.717) is 11.2 Å². The van der Waals surface area contributed by atoms with Crippen LogP contribution in [0.3, 0.4) is 0 Å². The molecule has 0 bridgehead atoms. The van der Waals surface area contributed by atoms with Crippen molar-refractivity contribution in [2.45, 2.75) is 0 Å². The van der Waals surface area contributed by atoms with Crippen molar-refractivity contribution in [3.63, 3.8) is 0 Å². The topological polar surface area (TPSA) is 73.3 Å². The minimum absolute atomic E-state index is 0. The van der Waals surface area contributed by atoms with E-state index in [2.05, 4.69) is 9.97 Å². The van der Waals surface area contributed by atoms with Crippen molar-refractivity contribution in [3.8, 4) is 0 Å². The highest BCUT2D eigenvalue weighted by molar-refractivity contribution is 5.83. The van der Waals surface area contributed by atoms with E-state index in [9.17, 15) is 4.79 Å². The zero-order valence-corrected chi connectivity index (χ0v) is 6.71. The lowest BCUT2D eigenvalue weighted by Gasteiger charge is -1.94. The van der Waals surface area contributed by atoms with Gasteiger partial charge in [-0.2, -0.15) is 0 Å². The molecule has 0 aliphatic rings. The average Bonchev–Trinajstić information content (AvgIpc) is 2.17. The molecule has 13 heavy (non-hydrogen) atoms. The van der Waals surface area contributed by atoms with Gasteiger partial charge in [0.15, 0.2) is 11.9 Å². The molecule has 2 aromatic heterocycles. The number of aldehydes is 1. The Morgan fingerprint density at radius 1 is 1.31 bits per heavy atom. The molecule has 0 unspecified atom stereocenters. The first-order valence-corrected chi connectivity index (χ1v) is 3.56. The number of pyridine rings is 2. The van der Waals surface area contributed by atoms with Gasteiger partial charge in [-0.05, 0) is 18.2 Å². The minimum Gasteiger partial charge on any atom is -0.298 e. The summed E-state index contributed by atoms with van der Waals surface area (Å²) < 4.78 is 0. The molecule has 0 N–H and O–H groups in total. The molecular weight excluding hydrogens is 166 g/mol. The van der Waals surface area contributed by atoms with Crippen LogP contribution in [-0.2, 0) is 0 Å². The first-order valence-electron chi connectivity index (χ1n) is 3.56. The fraction of sp³-hybridized carbons (Fsp3) is 0. The predicted octanol–water partition coefficient (Wildman–Crippen LogP) is 0.962. The number of nitrogens with zero attached hydrogens (tertiary/aromatic N) is 3. The van der Waals surface area contributed by atoms with Gasteiger partial charge in [-0.3, -0.25) is 4.79 Å². The lowest BCUT2D eigenvalue weighted by Crippen LogP contribution is -1.86. The van der Waals surface area contributed by atoms with Gasteiger partial charge in [0.2, 0.25) is 0 Å². The van der Waals surface area contributed by atoms with E-state index in [-0.39, 0.29) is 6.15 Å². The molecule has 63 valence electrons. The second-order valence-electron chi connectivity index (χ2n) is 2.44. The molecule has 0 saturated carbocycles. The minimum atomic E-state index is 0. The van der Waals surface area contributed by atoms with E-state index < -0.39 is 0 Å². The van der Waals surface area contributed by atoms with Gasteiger partial charge < -0.3 is 0 Å². The highest BCUT2D eigenvalue weighted by Crippen LogP contribution is 2.08. The Balaban J connectivity index is 0.000000845. The number of hydrogen-bond donors (Lipinski definition) is 0. The van der Waals surface area contributed by atoms with Crippen molar-refractivity contribution in [2.75, 3.05) is 0 Å². The van der Waals surface area contributed by atoms with Gasteiger partial charge >= 0.3 is 0 Å². The first-order chi connectivity index (χ1) is 5.90. The van der Waals surface area contributed by atoms with Gasteiger partial charge in [-0.1, -0.05) is 0 Å². The Hall–Kier alpha value is -1.81. The normalized spacial score (nSPS) is 9.23. The number of rotatable bonds is 1. The fourth-order valence-electron chi connectivity index (χ4n) is 1.05. The lowest BCUT2D eigenvalue weighted by molar-refractivity contribution is 0.112. The van der Waals surface area contributed by atoms with Gasteiger partial charge in [0.1, 0.15) is 0 Å². The van der Waals surface area contributed by atoms with Crippen LogP contribution in [0.5, 0.6) is 0 Å². The predicted molar refractivity (Wildman–Crippen MR) is 47.1 cm³/mol. The quantitative estimate of drug-likeness (QED) is 0.601. The van der Waals surface area contributed by atoms with E-state index >= 15 is 0 Å². The molecule has 2 aromatic rings. The van der Waals surface area contributed by atoms with Gasteiger partial charge in [-0.15, -0.1) is 0 Å². The third kappa shape index (κ3) is 1.68. The van der Waals surface area contributed by atoms with E-state index in [1.807, 2.05) is 12.1 Å². The summed E-state index contributed by atoms with van der Waals surface area (Å²) in [5, 5.41) is 0.891. The zero-order valence-electron chi connectivity index (χ0n) is 6.71. The molecule has 0 aromatic carbocycles. The Bertz CT molecular complexity index is 428. The molecule has 3 radical (unpaired) electrons. The molecule has 0 aliphatic heterocycles. The van der Waals surface area contributed by atoms with Crippen LogP contribution < -0.4 is 6.15 Å². The number of hydrogen-bond acceptors (Lipinski definition) is 3. The van der Waals surface area contributed by atoms with Gasteiger partial charge in [0, 0.05) is 29.5 Å². The third-order valence-electron chi connectivity index (χ3n) is 1.61. The molecule has 0 saturated heterocycles. The Labute approximate surface area is 75.2 Å². The van der Waals surface area contributed by atoms with Crippen molar-refractivity contribution in [3.05, 3.63) is 36.2 Å². The summed E-state index contributed by atoms with van der Waals surface area (Å²) in [5.41, 5.74) is 1.25. The maximum absolute atomic E-state index is 10.4. The number of fused-ring (bicyclic) bond motifs is 1. The van der Waals surface area contributed by atoms with Crippen molar-refractivity contribution in [1.82, 2.24) is 16.1 Å². The summed E-state index contributed by atoms with van der Waals surface area (Å²) in [6.45, 7) is 0. The van der Waals surface area contributed by atoms with Crippen molar-refractivity contribution in [1.29, 1.82) is 0 Å². The standard InChI is InChI=1S/C9H6N2O.N/c12-6-7-4-8-2-1-3-10-9(8)11-5-7;/h1-6H;. The van der Waals surface area contributed by atoms with Crippen molar-refractivity contribution < 1.29 is 4.79 Å². The largest absolute Gasteiger partial charge is 0.298 e. The number of aromatic nitrogens is 2. The highest BCUT2D eigenvalue weighted by Gasteiger charge is 1.95. The van der Waals surface area contributed by atoms with E-state index in [0.717, 1.165) is 11.7 Å². The van der Waals surface area contributed by atoms with Gasteiger partial charge in [0.25, 0.3) is 0 Å². The average molecular weight is 172 g/mol. The van der Waals surface area contributed by atoms with Crippen LogP contribution in [0.4, 0.5) is 0 Å². The van der Waals surface area contributed by atoms with E-state index in [1.165, 1.54) is 6.20 Å². The van der Waals surface area contributed by atoms with Crippen molar-refractivity contribution >= 4 is 17.3 Å². The molecule has 0 spiro atoms. The van der Waals surface area contributed by atoms with Crippen LogP contribution in [0.2, 0.25) is 0 Å². The second-order valence-corrected chi connectivity index (χ2v) is 2.44. The van der Waals surface area contributed by atoms with Crippen LogP contribution >= 0.6 is 0 Å². The highest BCUT2D eigenvalue weighted by atomic mass is 16.1. The molecule has 2 rings (SSSR count). The SMILES string of the molecule is O=Cc1cnc2ncccc2c1.[N].